The minimum Gasteiger partial charge on any atom is -0.376 e. The van der Waals surface area contributed by atoms with Gasteiger partial charge in [0.1, 0.15) is 0 Å². The topological polar surface area (TPSA) is 39.1 Å². The highest BCUT2D eigenvalue weighted by Gasteiger charge is 2.25. The highest BCUT2D eigenvalue weighted by molar-refractivity contribution is 5.02. The molecule has 4 heteroatoms. The first-order valence-electron chi connectivity index (χ1n) is 6.85. The van der Waals surface area contributed by atoms with Gasteiger partial charge in [0.2, 0.25) is 0 Å². The number of imidazole rings is 1. The van der Waals surface area contributed by atoms with Crippen LogP contribution in [0.4, 0.5) is 0 Å². The number of nitrogens with one attached hydrogen (secondary N) is 1. The molecule has 2 heterocycles. The molecule has 0 bridgehead atoms. The Morgan fingerprint density at radius 3 is 2.94 bits per heavy atom. The van der Waals surface area contributed by atoms with Crippen LogP contribution in [0.5, 0.6) is 0 Å². The smallest absolute Gasteiger partial charge is 0.0952 e. The summed E-state index contributed by atoms with van der Waals surface area (Å²) in [5, 5.41) is 3.51. The number of aromatic nitrogens is 2. The van der Waals surface area contributed by atoms with Gasteiger partial charge in [0, 0.05) is 24.9 Å². The molecule has 2 unspecified atom stereocenters. The van der Waals surface area contributed by atoms with Crippen molar-refractivity contribution in [3.05, 3.63) is 18.2 Å². The van der Waals surface area contributed by atoms with E-state index in [-0.39, 0.29) is 5.54 Å². The Morgan fingerprint density at radius 2 is 2.33 bits per heavy atom. The van der Waals surface area contributed by atoms with Gasteiger partial charge in [-0.15, -0.1) is 0 Å². The first-order chi connectivity index (χ1) is 8.47. The third-order valence-electron chi connectivity index (χ3n) is 3.49. The van der Waals surface area contributed by atoms with E-state index in [0.717, 1.165) is 19.6 Å². The maximum absolute atomic E-state index is 5.77. The second-order valence-electron chi connectivity index (χ2n) is 6.19. The van der Waals surface area contributed by atoms with Crippen LogP contribution in [-0.4, -0.2) is 27.8 Å². The van der Waals surface area contributed by atoms with Crippen molar-refractivity contribution in [1.29, 1.82) is 0 Å². The van der Waals surface area contributed by atoms with Crippen molar-refractivity contribution in [3.63, 3.8) is 0 Å². The lowest BCUT2D eigenvalue weighted by molar-refractivity contribution is 0.0722. The predicted molar refractivity (Wildman–Crippen MR) is 72.5 cm³/mol. The average molecular weight is 251 g/mol. The van der Waals surface area contributed by atoms with Crippen LogP contribution in [0.1, 0.15) is 52.3 Å². The zero-order chi connectivity index (χ0) is 13.2. The summed E-state index contributed by atoms with van der Waals surface area (Å²) in [7, 11) is 0. The highest BCUT2D eigenvalue weighted by Crippen LogP contribution is 2.25. The van der Waals surface area contributed by atoms with E-state index in [1.165, 1.54) is 12.1 Å². The van der Waals surface area contributed by atoms with Gasteiger partial charge in [0.15, 0.2) is 0 Å². The molecule has 18 heavy (non-hydrogen) atoms. The van der Waals surface area contributed by atoms with Crippen LogP contribution in [0, 0.1) is 0 Å². The number of nitrogens with zero attached hydrogens (tertiary/aromatic N) is 2. The Morgan fingerprint density at radius 1 is 1.56 bits per heavy atom. The van der Waals surface area contributed by atoms with Gasteiger partial charge in [-0.1, -0.05) is 0 Å². The standard InChI is InChI=1S/C14H25N3O/c1-11(13-6-5-7-18-13)17-10-15-8-12(17)9-16-14(2,3)4/h8,10-11,13,16H,5-7,9H2,1-4H3. The molecule has 4 nitrogen and oxygen atoms in total. The molecule has 1 aromatic rings. The maximum atomic E-state index is 5.77. The van der Waals surface area contributed by atoms with E-state index in [2.05, 4.69) is 42.6 Å². The van der Waals surface area contributed by atoms with Gasteiger partial charge < -0.3 is 14.6 Å². The lowest BCUT2D eigenvalue weighted by Gasteiger charge is -2.25. The van der Waals surface area contributed by atoms with Crippen molar-refractivity contribution in [1.82, 2.24) is 14.9 Å². The molecule has 0 radical (unpaired) electrons. The molecule has 2 atom stereocenters. The van der Waals surface area contributed by atoms with Crippen molar-refractivity contribution < 1.29 is 4.74 Å². The van der Waals surface area contributed by atoms with Crippen LogP contribution in [0.3, 0.4) is 0 Å². The summed E-state index contributed by atoms with van der Waals surface area (Å²) < 4.78 is 8.01. The van der Waals surface area contributed by atoms with Crippen LogP contribution < -0.4 is 5.32 Å². The number of rotatable bonds is 4. The molecule has 1 aromatic heterocycles. The van der Waals surface area contributed by atoms with Crippen molar-refractivity contribution in [3.8, 4) is 0 Å². The molecule has 1 N–H and O–H groups in total. The Hall–Kier alpha value is -0.870. The SMILES string of the molecule is CC(C1CCCO1)n1cncc1CNC(C)(C)C. The number of hydrogen-bond acceptors (Lipinski definition) is 3. The molecule has 1 saturated heterocycles. The lowest BCUT2D eigenvalue weighted by atomic mass is 10.1. The maximum Gasteiger partial charge on any atom is 0.0952 e. The van der Waals surface area contributed by atoms with Gasteiger partial charge in [0.05, 0.1) is 24.2 Å². The molecule has 2 rings (SSSR count). The molecule has 1 aliphatic heterocycles. The van der Waals surface area contributed by atoms with Crippen molar-refractivity contribution in [2.45, 2.75) is 64.8 Å². The largest absolute Gasteiger partial charge is 0.376 e. The molecule has 1 fully saturated rings. The Kier molecular flexibility index (Phi) is 4.07. The number of hydrogen-bond donors (Lipinski definition) is 1. The quantitative estimate of drug-likeness (QED) is 0.893. The first kappa shape index (κ1) is 13.6. The Labute approximate surface area is 110 Å². The molecule has 0 aliphatic carbocycles. The normalized spacial score (nSPS) is 22.3. The van der Waals surface area contributed by atoms with Gasteiger partial charge in [-0.05, 0) is 40.5 Å². The highest BCUT2D eigenvalue weighted by atomic mass is 16.5. The third kappa shape index (κ3) is 3.33. The average Bonchev–Trinajstić information content (AvgIpc) is 2.95. The fourth-order valence-electron chi connectivity index (χ4n) is 2.35. The Balaban J connectivity index is 2.02. The van der Waals surface area contributed by atoms with Gasteiger partial charge in [-0.2, -0.15) is 0 Å². The zero-order valence-electron chi connectivity index (χ0n) is 11.9. The minimum atomic E-state index is 0.127. The summed E-state index contributed by atoms with van der Waals surface area (Å²) in [4.78, 5) is 4.28. The summed E-state index contributed by atoms with van der Waals surface area (Å²) in [5.74, 6) is 0. The molecule has 0 spiro atoms. The molecule has 102 valence electrons. The Bertz CT molecular complexity index is 375. The third-order valence-corrected chi connectivity index (χ3v) is 3.49. The molecular weight excluding hydrogens is 226 g/mol. The summed E-state index contributed by atoms with van der Waals surface area (Å²) >= 11 is 0. The van der Waals surface area contributed by atoms with Crippen molar-refractivity contribution >= 4 is 0 Å². The number of ether oxygens (including phenoxy) is 1. The molecule has 0 amide bonds. The molecule has 0 saturated carbocycles. The molecular formula is C14H25N3O. The van der Waals surface area contributed by atoms with Crippen LogP contribution in [0.15, 0.2) is 12.5 Å². The van der Waals surface area contributed by atoms with Gasteiger partial charge >= 0.3 is 0 Å². The van der Waals surface area contributed by atoms with Crippen LogP contribution in [-0.2, 0) is 11.3 Å². The van der Waals surface area contributed by atoms with Crippen molar-refractivity contribution in [2.24, 2.45) is 0 Å². The summed E-state index contributed by atoms with van der Waals surface area (Å²) in [6.07, 6.45) is 6.55. The predicted octanol–water partition coefficient (Wildman–Crippen LogP) is 2.51. The van der Waals surface area contributed by atoms with Crippen LogP contribution in [0.2, 0.25) is 0 Å². The van der Waals surface area contributed by atoms with E-state index in [1.807, 2.05) is 12.5 Å². The zero-order valence-corrected chi connectivity index (χ0v) is 11.9. The second kappa shape index (κ2) is 5.41. The lowest BCUT2D eigenvalue weighted by Crippen LogP contribution is -2.36. The summed E-state index contributed by atoms with van der Waals surface area (Å²) in [6, 6.07) is 0.367. The van der Waals surface area contributed by atoms with Gasteiger partial charge in [0.25, 0.3) is 0 Å². The molecule has 0 aromatic carbocycles. The van der Waals surface area contributed by atoms with Crippen molar-refractivity contribution in [2.75, 3.05) is 6.61 Å². The van der Waals surface area contributed by atoms with Gasteiger partial charge in [-0.3, -0.25) is 0 Å². The van der Waals surface area contributed by atoms with Crippen LogP contribution in [0.25, 0.3) is 0 Å². The monoisotopic (exact) mass is 251 g/mol. The first-order valence-corrected chi connectivity index (χ1v) is 6.85. The van der Waals surface area contributed by atoms with Gasteiger partial charge in [-0.25, -0.2) is 4.98 Å². The van der Waals surface area contributed by atoms with E-state index < -0.39 is 0 Å². The fraction of sp³-hybridized carbons (Fsp3) is 0.786. The fourth-order valence-corrected chi connectivity index (χ4v) is 2.35. The second-order valence-corrected chi connectivity index (χ2v) is 6.19. The van der Waals surface area contributed by atoms with E-state index >= 15 is 0 Å². The molecule has 1 aliphatic rings. The van der Waals surface area contributed by atoms with E-state index in [0.29, 0.717) is 12.1 Å². The summed E-state index contributed by atoms with van der Waals surface area (Å²) in [6.45, 7) is 10.5. The van der Waals surface area contributed by atoms with E-state index in [9.17, 15) is 0 Å². The van der Waals surface area contributed by atoms with Crippen LogP contribution >= 0.6 is 0 Å². The summed E-state index contributed by atoms with van der Waals surface area (Å²) in [5.41, 5.74) is 1.36. The van der Waals surface area contributed by atoms with E-state index in [1.54, 1.807) is 0 Å². The minimum absolute atomic E-state index is 0.127. The van der Waals surface area contributed by atoms with E-state index in [4.69, 9.17) is 4.74 Å².